The predicted molar refractivity (Wildman–Crippen MR) is 244 cm³/mol. The number of aliphatic hydroxyl groups is 4. The molecule has 0 radical (unpaired) electrons. The van der Waals surface area contributed by atoms with Crippen LogP contribution >= 0.6 is 0 Å². The number of carbonyl (C=O) groups is 4. The van der Waals surface area contributed by atoms with Crippen LogP contribution in [0.15, 0.2) is 48.5 Å². The van der Waals surface area contributed by atoms with Gasteiger partial charge in [0.15, 0.2) is 23.1 Å². The highest BCUT2D eigenvalue weighted by molar-refractivity contribution is 5.99. The monoisotopic (exact) mass is 880 g/mol. The fraction of sp³-hybridized carbons (Fsp3) is 0.462. The molecule has 8 bridgehead atoms. The van der Waals surface area contributed by atoms with Crippen molar-refractivity contribution in [1.29, 1.82) is 0 Å². The molecule has 0 atom stereocenters. The third-order valence-corrected chi connectivity index (χ3v) is 11.0. The van der Waals surface area contributed by atoms with E-state index in [1.807, 2.05) is 27.7 Å². The van der Waals surface area contributed by atoms with Crippen molar-refractivity contribution in [3.63, 3.8) is 0 Å². The van der Waals surface area contributed by atoms with Crippen LogP contribution in [0.3, 0.4) is 0 Å². The second-order valence-electron chi connectivity index (χ2n) is 16.2. The van der Waals surface area contributed by atoms with Crippen LogP contribution in [0.5, 0.6) is 23.0 Å². The molecule has 0 heterocycles. The molecule has 4 N–H and O–H groups in total. The van der Waals surface area contributed by atoms with Crippen molar-refractivity contribution >= 4 is 23.1 Å². The summed E-state index contributed by atoms with van der Waals surface area (Å²) in [5.41, 5.74) is 6.36. The summed E-state index contributed by atoms with van der Waals surface area (Å²) in [5, 5.41) is 40.3. The molecule has 0 aliphatic heterocycles. The lowest BCUT2D eigenvalue weighted by molar-refractivity contribution is 0.0973. The lowest BCUT2D eigenvalue weighted by Gasteiger charge is -2.24. The topological polar surface area (TPSA) is 186 Å². The largest absolute Gasteiger partial charge is 0.491 e. The summed E-state index contributed by atoms with van der Waals surface area (Å²) < 4.78 is 25.6. The van der Waals surface area contributed by atoms with E-state index >= 15 is 0 Å². The number of fused-ring (bicyclic) bond motifs is 8. The average Bonchev–Trinajstić information content (AvgIpc) is 3.27. The Morgan fingerprint density at radius 3 is 0.672 bits per heavy atom. The molecule has 4 aromatic carbocycles. The molecule has 0 saturated carbocycles. The first kappa shape index (κ1) is 49.6. The van der Waals surface area contributed by atoms with Gasteiger partial charge >= 0.3 is 0 Å². The molecular formula is C52H64O12. The first-order valence-corrected chi connectivity index (χ1v) is 22.7. The van der Waals surface area contributed by atoms with Crippen molar-refractivity contribution in [2.45, 2.75) is 105 Å². The van der Waals surface area contributed by atoms with Gasteiger partial charge in [0.2, 0.25) is 0 Å². The minimum Gasteiger partial charge on any atom is -0.491 e. The van der Waals surface area contributed by atoms with Crippen molar-refractivity contribution in [2.75, 3.05) is 52.9 Å². The quantitative estimate of drug-likeness (QED) is 0.0442. The molecule has 64 heavy (non-hydrogen) atoms. The number of hydrogen-bond donors (Lipinski definition) is 4. The maximum Gasteiger partial charge on any atom is 0.162 e. The van der Waals surface area contributed by atoms with Crippen molar-refractivity contribution in [1.82, 2.24) is 0 Å². The highest BCUT2D eigenvalue weighted by Gasteiger charge is 2.27. The van der Waals surface area contributed by atoms with E-state index in [2.05, 4.69) is 0 Å². The zero-order chi connectivity index (χ0) is 46.2. The maximum absolute atomic E-state index is 13.9. The average molecular weight is 881 g/mol. The molecule has 0 fully saturated rings. The normalized spacial score (nSPS) is 12.1. The number of ether oxygens (including phenoxy) is 4. The fourth-order valence-corrected chi connectivity index (χ4v) is 8.35. The van der Waals surface area contributed by atoms with Crippen LogP contribution in [0.4, 0.5) is 0 Å². The SMILES string of the molecule is CCCC(=O)c1cc2c(OCCO)c(c1)Cc1cc(C(=O)CCC)cc(c1OCCO)Cc1cc(C(=O)CCC)cc(c1OCCO)Cc1cc(C(=O)CCC)cc(c1OCCO)C2. The maximum atomic E-state index is 13.9. The Hall–Kier alpha value is -5.40. The number of rotatable bonds is 24. The van der Waals surface area contributed by atoms with E-state index in [0.29, 0.717) is 115 Å². The lowest BCUT2D eigenvalue weighted by atomic mass is 9.86. The van der Waals surface area contributed by atoms with Gasteiger partial charge in [-0.15, -0.1) is 0 Å². The third kappa shape index (κ3) is 12.4. The van der Waals surface area contributed by atoms with Crippen molar-refractivity contribution in [3.05, 3.63) is 115 Å². The molecule has 4 aromatic rings. The predicted octanol–water partition coefficient (Wildman–Crippen LogP) is 7.78. The molecular weight excluding hydrogens is 817 g/mol. The van der Waals surface area contributed by atoms with Gasteiger partial charge < -0.3 is 39.4 Å². The Balaban J connectivity index is 2.00. The molecule has 0 unspecified atom stereocenters. The van der Waals surface area contributed by atoms with Crippen LogP contribution in [0.25, 0.3) is 0 Å². The molecule has 12 heteroatoms. The second-order valence-corrected chi connectivity index (χ2v) is 16.2. The summed E-state index contributed by atoms with van der Waals surface area (Å²) in [5.74, 6) is 1.23. The molecule has 0 amide bonds. The molecule has 344 valence electrons. The van der Waals surface area contributed by atoms with Crippen LogP contribution in [0, 0.1) is 0 Å². The van der Waals surface area contributed by atoms with Crippen LogP contribution < -0.4 is 18.9 Å². The van der Waals surface area contributed by atoms with E-state index in [9.17, 15) is 39.6 Å². The van der Waals surface area contributed by atoms with E-state index in [-0.39, 0.29) is 127 Å². The third-order valence-electron chi connectivity index (χ3n) is 11.0. The molecule has 5 rings (SSSR count). The lowest BCUT2D eigenvalue weighted by Crippen LogP contribution is -2.15. The molecule has 1 aliphatic carbocycles. The standard InChI is InChI=1S/C52H64O12/c1-5-9-45(57)33-21-37-29-39-23-34(46(58)10-6-2)25-41(50(39)62-18-14-54)31-43-27-36(48(60)12-8-4)28-44(52(43)64-20-16-56)32-42-26-35(47(59)11-7-3)24-40(51(42)63-19-15-55)30-38(22-33)49(37)61-17-13-53/h21-28,53-56H,5-20,29-32H2,1-4H3. The van der Waals surface area contributed by atoms with Gasteiger partial charge in [-0.2, -0.15) is 0 Å². The number of hydrogen-bond acceptors (Lipinski definition) is 12. The van der Waals surface area contributed by atoms with E-state index in [1.165, 1.54) is 0 Å². The highest BCUT2D eigenvalue weighted by Crippen LogP contribution is 2.41. The van der Waals surface area contributed by atoms with Gasteiger partial charge in [-0.05, 0) is 119 Å². The van der Waals surface area contributed by atoms with Crippen LogP contribution in [-0.2, 0) is 25.7 Å². The van der Waals surface area contributed by atoms with Gasteiger partial charge in [0.05, 0.1) is 26.4 Å². The van der Waals surface area contributed by atoms with Gasteiger partial charge in [0.1, 0.15) is 49.4 Å². The van der Waals surface area contributed by atoms with Crippen molar-refractivity contribution in [2.24, 2.45) is 0 Å². The fourth-order valence-electron chi connectivity index (χ4n) is 8.35. The van der Waals surface area contributed by atoms with Gasteiger partial charge in [-0.3, -0.25) is 19.2 Å². The van der Waals surface area contributed by atoms with Crippen LogP contribution in [-0.4, -0.2) is 96.4 Å². The first-order valence-electron chi connectivity index (χ1n) is 22.7. The van der Waals surface area contributed by atoms with Gasteiger partial charge in [-0.1, -0.05) is 27.7 Å². The minimum absolute atomic E-state index is 0.0745. The summed E-state index contributed by atoms with van der Waals surface area (Å²) in [6.07, 6.45) is 3.96. The number of ketones is 4. The highest BCUT2D eigenvalue weighted by atomic mass is 16.5. The minimum atomic E-state index is -0.303. The zero-order valence-corrected chi connectivity index (χ0v) is 37.8. The Kier molecular flexibility index (Phi) is 19.1. The van der Waals surface area contributed by atoms with Crippen molar-refractivity contribution in [3.8, 4) is 23.0 Å². The Morgan fingerprint density at radius 1 is 0.359 bits per heavy atom. The second kappa shape index (κ2) is 24.6. The number of Topliss-reactive ketones (excluding diaryl/α,β-unsaturated/α-hetero) is 4. The summed E-state index contributed by atoms with van der Waals surface area (Å²) in [7, 11) is 0. The number of carbonyl (C=O) groups excluding carboxylic acids is 4. The molecule has 0 saturated heterocycles. The van der Waals surface area contributed by atoms with E-state index in [1.54, 1.807) is 48.5 Å². The van der Waals surface area contributed by atoms with E-state index in [0.717, 1.165) is 0 Å². The molecule has 0 aromatic heterocycles. The van der Waals surface area contributed by atoms with Gasteiger partial charge in [-0.25, -0.2) is 0 Å². The summed E-state index contributed by atoms with van der Waals surface area (Å²) in [6.45, 7) is 6.20. The summed E-state index contributed by atoms with van der Waals surface area (Å²) in [4.78, 5) is 55.5. The van der Waals surface area contributed by atoms with E-state index < -0.39 is 0 Å². The van der Waals surface area contributed by atoms with Gasteiger partial charge in [0, 0.05) is 73.6 Å². The number of benzene rings is 4. The Morgan fingerprint density at radius 2 is 0.531 bits per heavy atom. The summed E-state index contributed by atoms with van der Waals surface area (Å²) >= 11 is 0. The van der Waals surface area contributed by atoms with E-state index in [4.69, 9.17) is 18.9 Å². The Bertz CT molecular complexity index is 1860. The van der Waals surface area contributed by atoms with Crippen molar-refractivity contribution < 1.29 is 58.6 Å². The smallest absolute Gasteiger partial charge is 0.162 e. The zero-order valence-electron chi connectivity index (χ0n) is 37.8. The molecule has 0 spiro atoms. The Labute approximate surface area is 376 Å². The van der Waals surface area contributed by atoms with Crippen LogP contribution in [0.1, 0.15) is 165 Å². The molecule has 12 nitrogen and oxygen atoms in total. The molecule has 1 aliphatic rings. The summed E-state index contributed by atoms with van der Waals surface area (Å²) in [6, 6.07) is 14.2. The number of aliphatic hydroxyl groups excluding tert-OH is 4. The van der Waals surface area contributed by atoms with Gasteiger partial charge in [0.25, 0.3) is 0 Å². The first-order chi connectivity index (χ1) is 31.0. The van der Waals surface area contributed by atoms with Crippen LogP contribution in [0.2, 0.25) is 0 Å².